The van der Waals surface area contributed by atoms with Gasteiger partial charge in [-0.1, -0.05) is 109 Å². The number of hydrogen-bond donors (Lipinski definition) is 1. The molecule has 220 valence electrons. The van der Waals surface area contributed by atoms with Crippen LogP contribution in [0.5, 0.6) is 0 Å². The molecule has 1 heterocycles. The normalized spacial score (nSPS) is 21.0. The molecular weight excluding hydrogens is 550 g/mol. The van der Waals surface area contributed by atoms with Gasteiger partial charge in [0.2, 0.25) is 10.0 Å². The number of nitrogens with zero attached hydrogens (tertiary/aromatic N) is 1. The fourth-order valence-corrected chi connectivity index (χ4v) is 7.14. The maximum Gasteiger partial charge on any atom is 0.243 e. The van der Waals surface area contributed by atoms with Crippen molar-refractivity contribution in [3.63, 3.8) is 0 Å². The van der Waals surface area contributed by atoms with Crippen LogP contribution < -0.4 is 0 Å². The number of ether oxygens (including phenoxy) is 3. The van der Waals surface area contributed by atoms with Crippen LogP contribution in [0, 0.1) is 6.92 Å². The van der Waals surface area contributed by atoms with Gasteiger partial charge in [-0.05, 0) is 35.7 Å². The van der Waals surface area contributed by atoms with Crippen molar-refractivity contribution in [3.8, 4) is 0 Å². The van der Waals surface area contributed by atoms with Crippen molar-refractivity contribution < 1.29 is 27.7 Å². The molecule has 4 aromatic carbocycles. The molecule has 4 atom stereocenters. The first-order chi connectivity index (χ1) is 20.5. The summed E-state index contributed by atoms with van der Waals surface area (Å²) in [6, 6.07) is 34.2. The number of benzene rings is 4. The van der Waals surface area contributed by atoms with E-state index in [4.69, 9.17) is 14.2 Å². The van der Waals surface area contributed by atoms with E-state index in [1.165, 1.54) is 4.31 Å². The molecule has 0 saturated carbocycles. The fourth-order valence-electron chi connectivity index (χ4n) is 5.33. The smallest absolute Gasteiger partial charge is 0.243 e. The summed E-state index contributed by atoms with van der Waals surface area (Å²) in [6.07, 6.45) is -1.45. The monoisotopic (exact) mass is 587 g/mol. The van der Waals surface area contributed by atoms with Crippen LogP contribution in [0.3, 0.4) is 0 Å². The van der Waals surface area contributed by atoms with Crippen molar-refractivity contribution >= 4 is 10.0 Å². The summed E-state index contributed by atoms with van der Waals surface area (Å²) in [7, 11) is -4.06. The van der Waals surface area contributed by atoms with Crippen LogP contribution >= 0.6 is 0 Å². The van der Waals surface area contributed by atoms with Crippen LogP contribution in [-0.2, 0) is 44.1 Å². The average Bonchev–Trinajstić information content (AvgIpc) is 3.33. The third-order valence-electron chi connectivity index (χ3n) is 7.49. The summed E-state index contributed by atoms with van der Waals surface area (Å²) in [5.41, 5.74) is 3.81. The number of aryl methyl sites for hydroxylation is 1. The molecule has 0 amide bonds. The Morgan fingerprint density at radius 3 is 1.57 bits per heavy atom. The SMILES string of the molecule is Cc1ccc(S(=O)(=O)N2[C@H](COCc3ccccc3)[C@@H](OCc3ccccc3)[C@H](OCc3ccccc3)[C@@H]2CO)cc1. The van der Waals surface area contributed by atoms with E-state index in [2.05, 4.69) is 0 Å². The minimum Gasteiger partial charge on any atom is -0.395 e. The standard InChI is InChI=1S/C34H37NO6S/c1-26-17-19-30(20-18-26)42(37,38)35-31(21-36)33(40-23-28-13-7-3-8-14-28)34(41-24-29-15-9-4-10-16-29)32(35)25-39-22-27-11-5-2-6-12-27/h2-20,31-34,36H,21-25H2,1H3/t31-,32+,33+,34+/m0/s1. The zero-order valence-electron chi connectivity index (χ0n) is 23.7. The van der Waals surface area contributed by atoms with Gasteiger partial charge in [-0.3, -0.25) is 0 Å². The Bertz CT molecular complexity index is 1480. The Hall–Kier alpha value is -3.37. The number of aliphatic hydroxyl groups excluding tert-OH is 1. The first-order valence-corrected chi connectivity index (χ1v) is 15.5. The fraction of sp³-hybridized carbons (Fsp3) is 0.294. The minimum absolute atomic E-state index is 0.0567. The van der Waals surface area contributed by atoms with Crippen LogP contribution in [-0.4, -0.2) is 55.3 Å². The molecule has 4 aromatic rings. The summed E-state index contributed by atoms with van der Waals surface area (Å²) >= 11 is 0. The minimum atomic E-state index is -4.06. The third kappa shape index (κ3) is 7.15. The molecule has 0 bridgehead atoms. The van der Waals surface area contributed by atoms with E-state index in [1.807, 2.05) is 97.9 Å². The zero-order valence-corrected chi connectivity index (χ0v) is 24.5. The van der Waals surface area contributed by atoms with E-state index in [0.717, 1.165) is 22.3 Å². The number of rotatable bonds is 13. The van der Waals surface area contributed by atoms with E-state index in [-0.39, 0.29) is 24.7 Å². The van der Waals surface area contributed by atoms with Gasteiger partial charge in [0.1, 0.15) is 12.2 Å². The maximum atomic E-state index is 14.2. The summed E-state index contributed by atoms with van der Waals surface area (Å²) in [5.74, 6) is 0. The Morgan fingerprint density at radius 1 is 0.643 bits per heavy atom. The van der Waals surface area contributed by atoms with Gasteiger partial charge in [-0.2, -0.15) is 4.31 Å². The van der Waals surface area contributed by atoms with E-state index >= 15 is 0 Å². The molecule has 0 spiro atoms. The van der Waals surface area contributed by atoms with Gasteiger partial charge in [0.15, 0.2) is 0 Å². The molecule has 1 saturated heterocycles. The number of aliphatic hydroxyl groups is 1. The molecule has 7 nitrogen and oxygen atoms in total. The molecule has 1 aliphatic rings. The van der Waals surface area contributed by atoms with Gasteiger partial charge in [-0.25, -0.2) is 8.42 Å². The first-order valence-electron chi connectivity index (χ1n) is 14.1. The Kier molecular flexibility index (Phi) is 10.2. The topological polar surface area (TPSA) is 85.3 Å². The maximum absolute atomic E-state index is 14.2. The highest BCUT2D eigenvalue weighted by molar-refractivity contribution is 7.89. The molecule has 1 N–H and O–H groups in total. The molecule has 0 aliphatic carbocycles. The molecule has 0 aromatic heterocycles. The molecule has 1 fully saturated rings. The Morgan fingerprint density at radius 2 is 1.10 bits per heavy atom. The van der Waals surface area contributed by atoms with Crippen molar-refractivity contribution in [1.82, 2.24) is 4.31 Å². The van der Waals surface area contributed by atoms with Gasteiger partial charge >= 0.3 is 0 Å². The van der Waals surface area contributed by atoms with Crippen LogP contribution in [0.25, 0.3) is 0 Å². The molecule has 5 rings (SSSR count). The van der Waals surface area contributed by atoms with Gasteiger partial charge in [0.05, 0.1) is 50.0 Å². The summed E-state index contributed by atoms with van der Waals surface area (Å²) in [6.45, 7) is 2.32. The van der Waals surface area contributed by atoms with Gasteiger partial charge in [0, 0.05) is 0 Å². The van der Waals surface area contributed by atoms with E-state index in [1.54, 1.807) is 24.3 Å². The van der Waals surface area contributed by atoms with Crippen LogP contribution in [0.15, 0.2) is 120 Å². The molecule has 8 heteroatoms. The van der Waals surface area contributed by atoms with Crippen LogP contribution in [0.2, 0.25) is 0 Å². The lowest BCUT2D eigenvalue weighted by atomic mass is 10.1. The molecule has 42 heavy (non-hydrogen) atoms. The van der Waals surface area contributed by atoms with Crippen molar-refractivity contribution in [2.75, 3.05) is 13.2 Å². The molecular formula is C34H37NO6S. The summed E-state index contributed by atoms with van der Waals surface area (Å²) in [4.78, 5) is 0.144. The van der Waals surface area contributed by atoms with Crippen molar-refractivity contribution in [2.45, 2.75) is 55.9 Å². The number of hydrogen-bond acceptors (Lipinski definition) is 6. The highest BCUT2D eigenvalue weighted by atomic mass is 32.2. The largest absolute Gasteiger partial charge is 0.395 e. The zero-order chi connectivity index (χ0) is 29.4. The lowest BCUT2D eigenvalue weighted by Gasteiger charge is -2.29. The van der Waals surface area contributed by atoms with Crippen LogP contribution in [0.4, 0.5) is 0 Å². The van der Waals surface area contributed by atoms with E-state index in [9.17, 15) is 13.5 Å². The van der Waals surface area contributed by atoms with E-state index < -0.39 is 40.9 Å². The molecule has 0 radical (unpaired) electrons. The second kappa shape index (κ2) is 14.2. The lowest BCUT2D eigenvalue weighted by molar-refractivity contribution is -0.0887. The van der Waals surface area contributed by atoms with Crippen molar-refractivity contribution in [3.05, 3.63) is 138 Å². The highest BCUT2D eigenvalue weighted by Crippen LogP contribution is 2.36. The first kappa shape index (κ1) is 30.1. The van der Waals surface area contributed by atoms with Crippen molar-refractivity contribution in [2.24, 2.45) is 0 Å². The highest BCUT2D eigenvalue weighted by Gasteiger charge is 2.55. The lowest BCUT2D eigenvalue weighted by Crippen LogP contribution is -2.47. The van der Waals surface area contributed by atoms with Gasteiger partial charge < -0.3 is 19.3 Å². The predicted molar refractivity (Wildman–Crippen MR) is 161 cm³/mol. The van der Waals surface area contributed by atoms with Crippen LogP contribution in [0.1, 0.15) is 22.3 Å². The molecule has 1 aliphatic heterocycles. The van der Waals surface area contributed by atoms with Gasteiger partial charge in [-0.15, -0.1) is 0 Å². The third-order valence-corrected chi connectivity index (χ3v) is 9.45. The quantitative estimate of drug-likeness (QED) is 0.234. The average molecular weight is 588 g/mol. The number of sulfonamides is 1. The summed E-state index contributed by atoms with van der Waals surface area (Å²) < 4.78 is 48.9. The predicted octanol–water partition coefficient (Wildman–Crippen LogP) is 5.12. The summed E-state index contributed by atoms with van der Waals surface area (Å²) in [5, 5.41) is 10.7. The Labute approximate surface area is 248 Å². The Balaban J connectivity index is 1.50. The second-order valence-electron chi connectivity index (χ2n) is 10.5. The second-order valence-corrected chi connectivity index (χ2v) is 12.3. The van der Waals surface area contributed by atoms with E-state index in [0.29, 0.717) is 6.61 Å². The van der Waals surface area contributed by atoms with Crippen molar-refractivity contribution in [1.29, 1.82) is 0 Å². The molecule has 0 unspecified atom stereocenters. The van der Waals surface area contributed by atoms with Gasteiger partial charge in [0.25, 0.3) is 0 Å².